The summed E-state index contributed by atoms with van der Waals surface area (Å²) in [4.78, 5) is 0. The van der Waals surface area contributed by atoms with E-state index in [0.717, 1.165) is 12.0 Å². The molecule has 0 aliphatic heterocycles. The molecule has 0 spiro atoms. The van der Waals surface area contributed by atoms with Gasteiger partial charge in [-0.15, -0.1) is 0 Å². The van der Waals surface area contributed by atoms with Gasteiger partial charge in [-0.1, -0.05) is 25.7 Å². The second-order valence-electron chi connectivity index (χ2n) is 5.64. The highest BCUT2D eigenvalue weighted by molar-refractivity contribution is 4.80. The topological polar surface area (TPSA) is 24.1 Å². The first-order chi connectivity index (χ1) is 7.95. The van der Waals surface area contributed by atoms with Gasteiger partial charge < -0.3 is 10.6 Å². The van der Waals surface area contributed by atoms with Crippen molar-refractivity contribution in [3.8, 4) is 0 Å². The van der Waals surface area contributed by atoms with Crippen LogP contribution in [0.5, 0.6) is 0 Å². The Balaban J connectivity index is 1.40. The molecule has 2 heteroatoms. The van der Waals surface area contributed by atoms with E-state index in [-0.39, 0.29) is 0 Å². The quantitative estimate of drug-likeness (QED) is 0.513. The fraction of sp³-hybridized carbons (Fsp3) is 1.00. The molecule has 2 N–H and O–H groups in total. The summed E-state index contributed by atoms with van der Waals surface area (Å²) in [6, 6.07) is 0.877. The van der Waals surface area contributed by atoms with E-state index in [4.69, 9.17) is 0 Å². The van der Waals surface area contributed by atoms with Crippen LogP contribution in [-0.4, -0.2) is 25.7 Å². The molecular formula is C14H28N2. The Morgan fingerprint density at radius 3 is 2.25 bits per heavy atom. The van der Waals surface area contributed by atoms with E-state index in [1.165, 1.54) is 77.4 Å². The number of hydrogen-bond donors (Lipinski definition) is 2. The van der Waals surface area contributed by atoms with E-state index in [2.05, 4.69) is 10.6 Å². The third kappa shape index (κ3) is 5.31. The van der Waals surface area contributed by atoms with Crippen molar-refractivity contribution in [3.05, 3.63) is 0 Å². The van der Waals surface area contributed by atoms with Gasteiger partial charge in [0, 0.05) is 6.04 Å². The molecule has 2 fully saturated rings. The van der Waals surface area contributed by atoms with Gasteiger partial charge in [0.2, 0.25) is 0 Å². The molecule has 0 amide bonds. The summed E-state index contributed by atoms with van der Waals surface area (Å²) in [7, 11) is 0. The van der Waals surface area contributed by atoms with Crippen molar-refractivity contribution >= 4 is 0 Å². The van der Waals surface area contributed by atoms with Gasteiger partial charge in [-0.3, -0.25) is 0 Å². The van der Waals surface area contributed by atoms with E-state index >= 15 is 0 Å². The zero-order chi connectivity index (χ0) is 11.1. The van der Waals surface area contributed by atoms with E-state index in [1.807, 2.05) is 0 Å². The van der Waals surface area contributed by atoms with Crippen molar-refractivity contribution in [2.45, 2.75) is 63.8 Å². The Morgan fingerprint density at radius 2 is 1.56 bits per heavy atom. The van der Waals surface area contributed by atoms with Gasteiger partial charge in [-0.05, 0) is 57.7 Å². The molecular weight excluding hydrogens is 196 g/mol. The number of hydrogen-bond acceptors (Lipinski definition) is 2. The summed E-state index contributed by atoms with van der Waals surface area (Å²) >= 11 is 0. The first kappa shape index (κ1) is 12.4. The molecule has 0 bridgehead atoms. The van der Waals surface area contributed by atoms with Crippen LogP contribution >= 0.6 is 0 Å². The van der Waals surface area contributed by atoms with Crippen LogP contribution in [0, 0.1) is 5.92 Å². The zero-order valence-electron chi connectivity index (χ0n) is 10.6. The Bertz CT molecular complexity index is 170. The zero-order valence-corrected chi connectivity index (χ0v) is 10.6. The number of rotatable bonds is 7. The minimum atomic E-state index is 0.877. The highest BCUT2D eigenvalue weighted by Crippen LogP contribution is 2.22. The lowest BCUT2D eigenvalue weighted by Gasteiger charge is -2.14. The lowest BCUT2D eigenvalue weighted by atomic mass is 10.0. The smallest absolute Gasteiger partial charge is 0.00682 e. The summed E-state index contributed by atoms with van der Waals surface area (Å²) < 4.78 is 0. The van der Waals surface area contributed by atoms with Crippen molar-refractivity contribution in [2.75, 3.05) is 19.6 Å². The SMILES string of the molecule is C1CCCC(CNCCCNC2CC2)CC1. The van der Waals surface area contributed by atoms with Crippen molar-refractivity contribution in [1.82, 2.24) is 10.6 Å². The summed E-state index contributed by atoms with van der Waals surface area (Å²) in [5.41, 5.74) is 0. The van der Waals surface area contributed by atoms with Crippen LogP contribution in [-0.2, 0) is 0 Å². The maximum atomic E-state index is 3.64. The fourth-order valence-electron chi connectivity index (χ4n) is 2.68. The molecule has 0 saturated heterocycles. The minimum Gasteiger partial charge on any atom is -0.316 e. The van der Waals surface area contributed by atoms with E-state index in [0.29, 0.717) is 0 Å². The molecule has 2 aliphatic rings. The van der Waals surface area contributed by atoms with Gasteiger partial charge >= 0.3 is 0 Å². The fourth-order valence-corrected chi connectivity index (χ4v) is 2.68. The van der Waals surface area contributed by atoms with Gasteiger partial charge in [0.05, 0.1) is 0 Å². The molecule has 94 valence electrons. The molecule has 2 saturated carbocycles. The summed E-state index contributed by atoms with van der Waals surface area (Å²) in [6.45, 7) is 3.68. The third-order valence-electron chi connectivity index (χ3n) is 3.95. The van der Waals surface area contributed by atoms with Gasteiger partial charge in [0.1, 0.15) is 0 Å². The molecule has 0 radical (unpaired) electrons. The predicted octanol–water partition coefficient (Wildman–Crippen LogP) is 2.69. The van der Waals surface area contributed by atoms with Crippen LogP contribution in [0.3, 0.4) is 0 Å². The van der Waals surface area contributed by atoms with Crippen molar-refractivity contribution < 1.29 is 0 Å². The molecule has 0 aromatic heterocycles. The lowest BCUT2D eigenvalue weighted by Crippen LogP contribution is -2.27. The highest BCUT2D eigenvalue weighted by atomic mass is 14.9. The highest BCUT2D eigenvalue weighted by Gasteiger charge is 2.19. The van der Waals surface area contributed by atoms with Crippen molar-refractivity contribution in [2.24, 2.45) is 5.92 Å². The molecule has 0 heterocycles. The monoisotopic (exact) mass is 224 g/mol. The summed E-state index contributed by atoms with van der Waals surface area (Å²) in [5.74, 6) is 0.971. The standard InChI is InChI=1S/C14H28N2/c1-2-4-7-13(6-3-1)12-15-10-5-11-16-14-8-9-14/h13-16H,1-12H2. The Morgan fingerprint density at radius 1 is 0.812 bits per heavy atom. The first-order valence-electron chi connectivity index (χ1n) is 7.39. The average molecular weight is 224 g/mol. The van der Waals surface area contributed by atoms with Gasteiger partial charge in [0.25, 0.3) is 0 Å². The normalized spacial score (nSPS) is 23.2. The second kappa shape index (κ2) is 7.29. The average Bonchev–Trinajstić information content (AvgIpc) is 3.10. The summed E-state index contributed by atoms with van der Waals surface area (Å²) in [6.07, 6.45) is 12.9. The molecule has 0 aromatic rings. The Kier molecular flexibility index (Phi) is 5.64. The minimum absolute atomic E-state index is 0.877. The molecule has 0 atom stereocenters. The maximum absolute atomic E-state index is 3.64. The van der Waals surface area contributed by atoms with Crippen LogP contribution in [0.15, 0.2) is 0 Å². The first-order valence-corrected chi connectivity index (χ1v) is 7.39. The van der Waals surface area contributed by atoms with Gasteiger partial charge in [-0.25, -0.2) is 0 Å². The lowest BCUT2D eigenvalue weighted by molar-refractivity contribution is 0.422. The largest absolute Gasteiger partial charge is 0.316 e. The third-order valence-corrected chi connectivity index (χ3v) is 3.95. The predicted molar refractivity (Wildman–Crippen MR) is 69.7 cm³/mol. The van der Waals surface area contributed by atoms with Crippen LogP contribution < -0.4 is 10.6 Å². The van der Waals surface area contributed by atoms with Crippen LogP contribution in [0.2, 0.25) is 0 Å². The van der Waals surface area contributed by atoms with Crippen LogP contribution in [0.25, 0.3) is 0 Å². The van der Waals surface area contributed by atoms with Crippen molar-refractivity contribution in [1.29, 1.82) is 0 Å². The molecule has 0 unspecified atom stereocenters. The van der Waals surface area contributed by atoms with E-state index < -0.39 is 0 Å². The van der Waals surface area contributed by atoms with E-state index in [9.17, 15) is 0 Å². The molecule has 2 aliphatic carbocycles. The molecule has 2 nitrogen and oxygen atoms in total. The van der Waals surface area contributed by atoms with Gasteiger partial charge in [0.15, 0.2) is 0 Å². The molecule has 2 rings (SSSR count). The second-order valence-corrected chi connectivity index (χ2v) is 5.64. The molecule has 16 heavy (non-hydrogen) atoms. The Labute approximate surface area is 101 Å². The van der Waals surface area contributed by atoms with Crippen LogP contribution in [0.4, 0.5) is 0 Å². The summed E-state index contributed by atoms with van der Waals surface area (Å²) in [5, 5.41) is 7.20. The van der Waals surface area contributed by atoms with E-state index in [1.54, 1.807) is 0 Å². The Hall–Kier alpha value is -0.0800. The number of nitrogens with one attached hydrogen (secondary N) is 2. The molecule has 0 aromatic carbocycles. The van der Waals surface area contributed by atoms with Crippen molar-refractivity contribution in [3.63, 3.8) is 0 Å². The van der Waals surface area contributed by atoms with Gasteiger partial charge in [-0.2, -0.15) is 0 Å². The maximum Gasteiger partial charge on any atom is 0.00682 e. The van der Waals surface area contributed by atoms with Crippen LogP contribution in [0.1, 0.15) is 57.8 Å².